The summed E-state index contributed by atoms with van der Waals surface area (Å²) in [4.78, 5) is 11.5. The minimum Gasteiger partial charge on any atom is -0.323 e. The maximum absolute atomic E-state index is 11.5. The van der Waals surface area contributed by atoms with E-state index in [1.54, 1.807) is 0 Å². The van der Waals surface area contributed by atoms with Crippen LogP contribution in [0, 0.1) is 0 Å². The molecule has 0 aliphatic carbocycles. The Hall–Kier alpha value is -0.730. The highest BCUT2D eigenvalue weighted by Crippen LogP contribution is 2.45. The summed E-state index contributed by atoms with van der Waals surface area (Å²) in [6.07, 6.45) is 0. The lowest BCUT2D eigenvalue weighted by molar-refractivity contribution is -0.116. The molecule has 0 radical (unpaired) electrons. The second kappa shape index (κ2) is 3.38. The van der Waals surface area contributed by atoms with Crippen LogP contribution in [0.25, 0.3) is 0 Å². The summed E-state index contributed by atoms with van der Waals surface area (Å²) in [5.74, 6) is -0.378. The summed E-state index contributed by atoms with van der Waals surface area (Å²) >= 11 is 12.0. The average molecular weight is 258 g/mol. The van der Waals surface area contributed by atoms with Crippen LogP contribution in [0.5, 0.6) is 0 Å². The van der Waals surface area contributed by atoms with Gasteiger partial charge >= 0.3 is 0 Å². The third-order valence-electron chi connectivity index (χ3n) is 2.76. The Bertz CT molecular complexity index is 461. The van der Waals surface area contributed by atoms with Crippen molar-refractivity contribution in [2.45, 2.75) is 30.5 Å². The van der Waals surface area contributed by atoms with Crippen molar-refractivity contribution in [3.63, 3.8) is 0 Å². The number of alkyl halides is 2. The van der Waals surface area contributed by atoms with Crippen molar-refractivity contribution in [3.05, 3.63) is 29.3 Å². The van der Waals surface area contributed by atoms with E-state index >= 15 is 0 Å². The molecule has 2 nitrogen and oxygen atoms in total. The second-order valence-corrected chi connectivity index (χ2v) is 6.37. The summed E-state index contributed by atoms with van der Waals surface area (Å²) in [5.41, 5.74) is 2.45. The predicted octanol–water partition coefficient (Wildman–Crippen LogP) is 3.57. The fourth-order valence-corrected chi connectivity index (χ4v) is 2.11. The first kappa shape index (κ1) is 11.7. The van der Waals surface area contributed by atoms with Crippen molar-refractivity contribution in [2.75, 3.05) is 5.32 Å². The van der Waals surface area contributed by atoms with Gasteiger partial charge in [-0.25, -0.2) is 0 Å². The third kappa shape index (κ3) is 1.70. The summed E-state index contributed by atoms with van der Waals surface area (Å²) in [6.45, 7) is 6.30. The van der Waals surface area contributed by atoms with Crippen LogP contribution in [0.2, 0.25) is 0 Å². The van der Waals surface area contributed by atoms with Gasteiger partial charge in [-0.1, -0.05) is 50.0 Å². The van der Waals surface area contributed by atoms with Gasteiger partial charge in [0, 0.05) is 11.3 Å². The van der Waals surface area contributed by atoms with Crippen molar-refractivity contribution in [3.8, 4) is 0 Å². The van der Waals surface area contributed by atoms with Crippen molar-refractivity contribution < 1.29 is 4.79 Å². The number of carbonyl (C=O) groups is 1. The molecule has 0 bridgehead atoms. The molecule has 1 aromatic carbocycles. The third-order valence-corrected chi connectivity index (χ3v) is 3.51. The van der Waals surface area contributed by atoms with E-state index in [0.29, 0.717) is 11.3 Å². The van der Waals surface area contributed by atoms with E-state index in [2.05, 4.69) is 26.1 Å². The number of carbonyl (C=O) groups excluding carboxylic acids is 1. The zero-order chi connectivity index (χ0) is 12.1. The lowest BCUT2D eigenvalue weighted by Crippen LogP contribution is -2.21. The molecular formula is C12H13Cl2NO. The van der Waals surface area contributed by atoms with E-state index in [1.165, 1.54) is 0 Å². The Kier molecular flexibility index (Phi) is 2.48. The fraction of sp³-hybridized carbons (Fsp3) is 0.417. The number of fused-ring (bicyclic) bond motifs is 1. The maximum atomic E-state index is 11.5. The average Bonchev–Trinajstić information content (AvgIpc) is 2.37. The lowest BCUT2D eigenvalue weighted by atomic mass is 9.86. The van der Waals surface area contributed by atoms with Gasteiger partial charge in [-0.3, -0.25) is 4.79 Å². The number of anilines is 1. The maximum Gasteiger partial charge on any atom is 0.265 e. The monoisotopic (exact) mass is 257 g/mol. The van der Waals surface area contributed by atoms with Gasteiger partial charge in [0.05, 0.1) is 0 Å². The van der Waals surface area contributed by atoms with Gasteiger partial charge < -0.3 is 5.32 Å². The number of amides is 1. The first-order chi connectivity index (χ1) is 7.23. The van der Waals surface area contributed by atoms with Crippen molar-refractivity contribution >= 4 is 34.8 Å². The van der Waals surface area contributed by atoms with E-state index in [-0.39, 0.29) is 11.3 Å². The summed E-state index contributed by atoms with van der Waals surface area (Å²) in [6, 6.07) is 5.72. The van der Waals surface area contributed by atoms with Crippen LogP contribution in [0.15, 0.2) is 18.2 Å². The topological polar surface area (TPSA) is 29.1 Å². The lowest BCUT2D eigenvalue weighted by Gasteiger charge is -2.21. The van der Waals surface area contributed by atoms with Gasteiger partial charge in [0.15, 0.2) is 0 Å². The highest BCUT2D eigenvalue weighted by molar-refractivity contribution is 6.60. The van der Waals surface area contributed by atoms with Gasteiger partial charge in [-0.2, -0.15) is 0 Å². The zero-order valence-electron chi connectivity index (χ0n) is 9.40. The first-order valence-corrected chi connectivity index (χ1v) is 5.83. The SMILES string of the molecule is CC(C)(C)c1ccc2c(c1)C(Cl)(Cl)C(=O)N2. The minimum atomic E-state index is -1.46. The van der Waals surface area contributed by atoms with E-state index in [4.69, 9.17) is 23.2 Å². The molecule has 0 unspecified atom stereocenters. The van der Waals surface area contributed by atoms with Crippen LogP contribution in [-0.4, -0.2) is 5.91 Å². The summed E-state index contributed by atoms with van der Waals surface area (Å²) in [5, 5.41) is 2.66. The quantitative estimate of drug-likeness (QED) is 0.708. The smallest absolute Gasteiger partial charge is 0.265 e. The van der Waals surface area contributed by atoms with Gasteiger partial charge in [-0.15, -0.1) is 0 Å². The number of nitrogens with one attached hydrogen (secondary N) is 1. The Balaban J connectivity index is 2.57. The van der Waals surface area contributed by atoms with Crippen LogP contribution < -0.4 is 5.32 Å². The number of rotatable bonds is 0. The van der Waals surface area contributed by atoms with Crippen LogP contribution >= 0.6 is 23.2 Å². The molecule has 1 amide bonds. The standard InChI is InChI=1S/C12H13Cl2NO/c1-11(2,3)7-4-5-9-8(6-7)12(13,14)10(16)15-9/h4-6H,1-3H3,(H,15,16). The van der Waals surface area contributed by atoms with Gasteiger partial charge in [-0.05, 0) is 23.1 Å². The number of halogens is 2. The van der Waals surface area contributed by atoms with E-state index in [1.807, 2.05) is 18.2 Å². The fourth-order valence-electron chi connectivity index (χ4n) is 1.70. The van der Waals surface area contributed by atoms with E-state index in [9.17, 15) is 4.79 Å². The minimum absolute atomic E-state index is 0.00449. The molecular weight excluding hydrogens is 245 g/mol. The van der Waals surface area contributed by atoms with E-state index in [0.717, 1.165) is 5.56 Å². The summed E-state index contributed by atoms with van der Waals surface area (Å²) in [7, 11) is 0. The molecule has 0 saturated carbocycles. The van der Waals surface area contributed by atoms with Crippen LogP contribution in [-0.2, 0) is 14.5 Å². The largest absolute Gasteiger partial charge is 0.323 e. The predicted molar refractivity (Wildman–Crippen MR) is 67.2 cm³/mol. The van der Waals surface area contributed by atoms with Gasteiger partial charge in [0.2, 0.25) is 4.33 Å². The van der Waals surface area contributed by atoms with E-state index < -0.39 is 4.33 Å². The molecule has 0 atom stereocenters. The van der Waals surface area contributed by atoms with Crippen LogP contribution in [0.1, 0.15) is 31.9 Å². The molecule has 1 aromatic rings. The molecule has 0 fully saturated rings. The molecule has 0 spiro atoms. The molecule has 1 aliphatic rings. The van der Waals surface area contributed by atoms with Gasteiger partial charge in [0.25, 0.3) is 5.91 Å². The molecule has 86 valence electrons. The Morgan fingerprint density at radius 2 is 1.88 bits per heavy atom. The Morgan fingerprint density at radius 1 is 1.25 bits per heavy atom. The molecule has 4 heteroatoms. The second-order valence-electron chi connectivity index (χ2n) is 5.04. The highest BCUT2D eigenvalue weighted by atomic mass is 35.5. The van der Waals surface area contributed by atoms with Gasteiger partial charge in [0.1, 0.15) is 0 Å². The molecule has 1 N–H and O–H groups in total. The molecule has 0 aromatic heterocycles. The summed E-state index contributed by atoms with van der Waals surface area (Å²) < 4.78 is -1.46. The molecule has 16 heavy (non-hydrogen) atoms. The number of benzene rings is 1. The van der Waals surface area contributed by atoms with Crippen molar-refractivity contribution in [2.24, 2.45) is 0 Å². The molecule has 2 rings (SSSR count). The Morgan fingerprint density at radius 3 is 2.44 bits per heavy atom. The zero-order valence-corrected chi connectivity index (χ0v) is 10.9. The first-order valence-electron chi connectivity index (χ1n) is 5.07. The van der Waals surface area contributed by atoms with Crippen molar-refractivity contribution in [1.29, 1.82) is 0 Å². The molecule has 1 aliphatic heterocycles. The highest BCUT2D eigenvalue weighted by Gasteiger charge is 2.44. The van der Waals surface area contributed by atoms with Crippen LogP contribution in [0.3, 0.4) is 0 Å². The van der Waals surface area contributed by atoms with Crippen molar-refractivity contribution in [1.82, 2.24) is 0 Å². The van der Waals surface area contributed by atoms with Crippen LogP contribution in [0.4, 0.5) is 5.69 Å². The number of hydrogen-bond donors (Lipinski definition) is 1. The molecule has 1 heterocycles. The molecule has 0 saturated heterocycles. The normalized spacial score (nSPS) is 18.2. The Labute approximate surface area is 105 Å². The number of hydrogen-bond acceptors (Lipinski definition) is 1.